The summed E-state index contributed by atoms with van der Waals surface area (Å²) in [4.78, 5) is 40.2. The SMILES string of the molecule is CCN(Cc1ccccc1NC(=O)CC1Sc2ccccc2NC1=O)C(=O)OC(C)(C)C. The molecule has 0 aliphatic carbocycles. The van der Waals surface area contributed by atoms with Crippen LogP contribution in [0.25, 0.3) is 0 Å². The lowest BCUT2D eigenvalue weighted by atomic mass is 10.1. The molecule has 2 aromatic rings. The number of anilines is 2. The van der Waals surface area contributed by atoms with Crippen molar-refractivity contribution < 1.29 is 19.1 Å². The van der Waals surface area contributed by atoms with Gasteiger partial charge in [0.1, 0.15) is 5.60 Å². The summed E-state index contributed by atoms with van der Waals surface area (Å²) in [7, 11) is 0. The molecule has 0 bridgehead atoms. The van der Waals surface area contributed by atoms with Gasteiger partial charge in [0.15, 0.2) is 0 Å². The molecule has 1 atom stereocenters. The summed E-state index contributed by atoms with van der Waals surface area (Å²) in [5.41, 5.74) is 1.59. The molecule has 3 rings (SSSR count). The van der Waals surface area contributed by atoms with Gasteiger partial charge in [-0.3, -0.25) is 9.59 Å². The Balaban J connectivity index is 1.66. The van der Waals surface area contributed by atoms with Gasteiger partial charge in [-0.2, -0.15) is 0 Å². The number of fused-ring (bicyclic) bond motifs is 1. The molecule has 2 aromatic carbocycles. The summed E-state index contributed by atoms with van der Waals surface area (Å²) in [5.74, 6) is -0.441. The van der Waals surface area contributed by atoms with E-state index in [9.17, 15) is 14.4 Å². The van der Waals surface area contributed by atoms with E-state index in [4.69, 9.17) is 4.74 Å². The highest BCUT2D eigenvalue weighted by Crippen LogP contribution is 2.36. The van der Waals surface area contributed by atoms with Gasteiger partial charge < -0.3 is 20.3 Å². The Kier molecular flexibility index (Phi) is 7.45. The average Bonchev–Trinajstić information content (AvgIpc) is 2.72. The summed E-state index contributed by atoms with van der Waals surface area (Å²) in [6, 6.07) is 14.9. The molecule has 0 radical (unpaired) electrons. The number of nitrogens with zero attached hydrogens (tertiary/aromatic N) is 1. The van der Waals surface area contributed by atoms with Gasteiger partial charge in [-0.05, 0) is 51.5 Å². The van der Waals surface area contributed by atoms with Crippen LogP contribution in [-0.4, -0.2) is 40.2 Å². The Hall–Kier alpha value is -3.00. The highest BCUT2D eigenvalue weighted by molar-refractivity contribution is 8.01. The molecule has 170 valence electrons. The molecule has 0 saturated heterocycles. The van der Waals surface area contributed by atoms with Crippen LogP contribution in [0, 0.1) is 0 Å². The van der Waals surface area contributed by atoms with Crippen LogP contribution in [0.1, 0.15) is 39.7 Å². The summed E-state index contributed by atoms with van der Waals surface area (Å²) >= 11 is 1.39. The van der Waals surface area contributed by atoms with Crippen LogP contribution in [0.5, 0.6) is 0 Å². The van der Waals surface area contributed by atoms with E-state index in [1.54, 1.807) is 11.0 Å². The first-order valence-electron chi connectivity index (χ1n) is 10.6. The van der Waals surface area contributed by atoms with Gasteiger partial charge in [-0.25, -0.2) is 4.79 Å². The first-order valence-corrected chi connectivity index (χ1v) is 11.5. The fourth-order valence-corrected chi connectivity index (χ4v) is 4.32. The predicted octanol–water partition coefficient (Wildman–Crippen LogP) is 4.89. The minimum Gasteiger partial charge on any atom is -0.444 e. The first kappa shape index (κ1) is 23.7. The van der Waals surface area contributed by atoms with Gasteiger partial charge in [0.05, 0.1) is 17.5 Å². The van der Waals surface area contributed by atoms with E-state index in [-0.39, 0.29) is 18.2 Å². The molecule has 0 aromatic heterocycles. The van der Waals surface area contributed by atoms with Crippen LogP contribution in [-0.2, 0) is 20.9 Å². The van der Waals surface area contributed by atoms with E-state index in [0.29, 0.717) is 18.8 Å². The monoisotopic (exact) mass is 455 g/mol. The van der Waals surface area contributed by atoms with E-state index >= 15 is 0 Å². The molecule has 0 saturated carbocycles. The van der Waals surface area contributed by atoms with Crippen molar-refractivity contribution in [1.29, 1.82) is 0 Å². The topological polar surface area (TPSA) is 87.7 Å². The summed E-state index contributed by atoms with van der Waals surface area (Å²) in [6.45, 7) is 8.12. The second-order valence-corrected chi connectivity index (χ2v) is 9.74. The highest BCUT2D eigenvalue weighted by atomic mass is 32.2. The Labute approximate surface area is 192 Å². The molecular formula is C24H29N3O4S. The van der Waals surface area contributed by atoms with E-state index in [0.717, 1.165) is 16.1 Å². The van der Waals surface area contributed by atoms with Gasteiger partial charge >= 0.3 is 6.09 Å². The Morgan fingerprint density at radius 3 is 2.53 bits per heavy atom. The molecule has 1 aliphatic rings. The third-order valence-corrected chi connectivity index (χ3v) is 6.04. The summed E-state index contributed by atoms with van der Waals surface area (Å²) in [6.07, 6.45) is -0.363. The van der Waals surface area contributed by atoms with Gasteiger partial charge in [0, 0.05) is 23.5 Å². The molecule has 0 fully saturated rings. The zero-order valence-electron chi connectivity index (χ0n) is 18.8. The highest BCUT2D eigenvalue weighted by Gasteiger charge is 2.29. The molecule has 1 aliphatic heterocycles. The maximum Gasteiger partial charge on any atom is 0.410 e. The lowest BCUT2D eigenvalue weighted by Gasteiger charge is -2.27. The van der Waals surface area contributed by atoms with Crippen molar-refractivity contribution in [1.82, 2.24) is 4.90 Å². The number of benzene rings is 2. The minimum absolute atomic E-state index is 0.0444. The van der Waals surface area contributed by atoms with Crippen molar-refractivity contribution in [3.63, 3.8) is 0 Å². The number of thioether (sulfide) groups is 1. The largest absolute Gasteiger partial charge is 0.444 e. The number of hydrogen-bond acceptors (Lipinski definition) is 5. The van der Waals surface area contributed by atoms with Crippen molar-refractivity contribution in [3.8, 4) is 0 Å². The van der Waals surface area contributed by atoms with Crippen molar-refractivity contribution in [2.75, 3.05) is 17.2 Å². The fraction of sp³-hybridized carbons (Fsp3) is 0.375. The second-order valence-electron chi connectivity index (χ2n) is 8.50. The van der Waals surface area contributed by atoms with E-state index in [1.165, 1.54) is 11.8 Å². The number of carbonyl (C=O) groups excluding carboxylic acids is 3. The van der Waals surface area contributed by atoms with Crippen molar-refractivity contribution in [2.45, 2.75) is 56.4 Å². The molecule has 0 spiro atoms. The van der Waals surface area contributed by atoms with E-state index < -0.39 is 16.9 Å². The van der Waals surface area contributed by atoms with Crippen LogP contribution >= 0.6 is 11.8 Å². The van der Waals surface area contributed by atoms with Gasteiger partial charge in [0.25, 0.3) is 0 Å². The van der Waals surface area contributed by atoms with Crippen LogP contribution < -0.4 is 10.6 Å². The first-order chi connectivity index (χ1) is 15.2. The third kappa shape index (κ3) is 6.26. The Morgan fingerprint density at radius 2 is 1.81 bits per heavy atom. The number of amides is 3. The summed E-state index contributed by atoms with van der Waals surface area (Å²) < 4.78 is 5.48. The fourth-order valence-electron chi connectivity index (χ4n) is 3.21. The minimum atomic E-state index is -0.588. The normalized spacial score (nSPS) is 15.4. The number of carbonyl (C=O) groups is 3. The molecule has 1 heterocycles. The number of hydrogen-bond donors (Lipinski definition) is 2. The zero-order valence-corrected chi connectivity index (χ0v) is 19.6. The predicted molar refractivity (Wildman–Crippen MR) is 127 cm³/mol. The third-order valence-electron chi connectivity index (χ3n) is 4.76. The van der Waals surface area contributed by atoms with Gasteiger partial charge in [-0.1, -0.05) is 30.3 Å². The van der Waals surface area contributed by atoms with Crippen LogP contribution in [0.4, 0.5) is 16.2 Å². The van der Waals surface area contributed by atoms with Crippen molar-refractivity contribution in [2.24, 2.45) is 0 Å². The maximum atomic E-state index is 12.8. The van der Waals surface area contributed by atoms with Crippen LogP contribution in [0.3, 0.4) is 0 Å². The maximum absolute atomic E-state index is 12.8. The molecule has 8 heteroatoms. The lowest BCUT2D eigenvalue weighted by Crippen LogP contribution is -2.36. The van der Waals surface area contributed by atoms with Crippen molar-refractivity contribution >= 4 is 41.0 Å². The molecule has 1 unspecified atom stereocenters. The molecule has 2 N–H and O–H groups in total. The molecule has 32 heavy (non-hydrogen) atoms. The molecule has 7 nitrogen and oxygen atoms in total. The number of ether oxygens (including phenoxy) is 1. The average molecular weight is 456 g/mol. The standard InChI is InChI=1S/C24H29N3O4S/c1-5-27(23(30)31-24(2,3)4)15-16-10-6-7-11-17(16)25-21(28)14-20-22(29)26-18-12-8-9-13-19(18)32-20/h6-13,20H,5,14-15H2,1-4H3,(H,25,28)(H,26,29). The van der Waals surface area contributed by atoms with Gasteiger partial charge in [-0.15, -0.1) is 11.8 Å². The van der Waals surface area contributed by atoms with E-state index in [1.807, 2.05) is 70.2 Å². The van der Waals surface area contributed by atoms with Crippen molar-refractivity contribution in [3.05, 3.63) is 54.1 Å². The van der Waals surface area contributed by atoms with Crippen LogP contribution in [0.15, 0.2) is 53.4 Å². The van der Waals surface area contributed by atoms with E-state index in [2.05, 4.69) is 10.6 Å². The zero-order chi connectivity index (χ0) is 23.3. The quantitative estimate of drug-likeness (QED) is 0.648. The molecule has 3 amide bonds. The number of nitrogens with one attached hydrogen (secondary N) is 2. The van der Waals surface area contributed by atoms with Crippen LogP contribution in [0.2, 0.25) is 0 Å². The number of rotatable bonds is 6. The lowest BCUT2D eigenvalue weighted by molar-refractivity contribution is -0.120. The Morgan fingerprint density at radius 1 is 1.12 bits per heavy atom. The molecular weight excluding hydrogens is 426 g/mol. The Bertz CT molecular complexity index is 1000. The number of para-hydroxylation sites is 2. The smallest absolute Gasteiger partial charge is 0.410 e. The second kappa shape index (κ2) is 10.1. The van der Waals surface area contributed by atoms with Gasteiger partial charge in [0.2, 0.25) is 11.8 Å². The summed E-state index contributed by atoms with van der Waals surface area (Å²) in [5, 5.41) is 5.26.